The Kier molecular flexibility index (Phi) is 38.3. The van der Waals surface area contributed by atoms with Crippen molar-refractivity contribution in [2.75, 3.05) is 26.4 Å². The summed E-state index contributed by atoms with van der Waals surface area (Å²) in [6.07, 6.45) is 46.4. The van der Waals surface area contributed by atoms with Gasteiger partial charge in [-0.05, 0) is 77.0 Å². The molecule has 11 heteroatoms. The summed E-state index contributed by atoms with van der Waals surface area (Å²) in [6.45, 7) is 3.33. The normalized spacial score (nSPS) is 14.7. The average molecular weight is 806 g/mol. The topological polar surface area (TPSA) is 155 Å². The van der Waals surface area contributed by atoms with Crippen LogP contribution in [0.15, 0.2) is 85.1 Å². The van der Waals surface area contributed by atoms with E-state index in [9.17, 15) is 24.2 Å². The van der Waals surface area contributed by atoms with E-state index in [-0.39, 0.29) is 32.6 Å². The number of hydrogen-bond acceptors (Lipinski definition) is 9. The highest BCUT2D eigenvalue weighted by atomic mass is 31.2. The van der Waals surface area contributed by atoms with E-state index in [1.165, 1.54) is 44.9 Å². The van der Waals surface area contributed by atoms with Crippen molar-refractivity contribution in [3.05, 3.63) is 85.1 Å². The highest BCUT2D eigenvalue weighted by Crippen LogP contribution is 2.43. The van der Waals surface area contributed by atoms with E-state index in [4.69, 9.17) is 24.3 Å². The van der Waals surface area contributed by atoms with Gasteiger partial charge in [-0.3, -0.25) is 18.6 Å². The number of carbonyl (C=O) groups excluding carboxylic acids is 2. The Bertz CT molecular complexity index is 1210. The monoisotopic (exact) mass is 806 g/mol. The van der Waals surface area contributed by atoms with E-state index < -0.39 is 38.6 Å². The third kappa shape index (κ3) is 39.4. The maximum absolute atomic E-state index is 12.6. The van der Waals surface area contributed by atoms with Crippen LogP contribution in [-0.4, -0.2) is 60.5 Å². The molecule has 56 heavy (non-hydrogen) atoms. The van der Waals surface area contributed by atoms with E-state index in [0.29, 0.717) is 19.3 Å². The summed E-state index contributed by atoms with van der Waals surface area (Å²) in [7, 11) is -4.44. The largest absolute Gasteiger partial charge is 0.472 e. The second kappa shape index (κ2) is 40.4. The number of hydrogen-bond donors (Lipinski definition) is 3. The van der Waals surface area contributed by atoms with Crippen LogP contribution in [0.4, 0.5) is 0 Å². The number of carbonyl (C=O) groups is 2. The lowest BCUT2D eigenvalue weighted by atomic mass is 10.1. The van der Waals surface area contributed by atoms with Crippen molar-refractivity contribution in [2.24, 2.45) is 5.73 Å². The van der Waals surface area contributed by atoms with Gasteiger partial charge in [0.05, 0.1) is 19.3 Å². The fraction of sp³-hybridized carbons (Fsp3) is 0.644. The number of ether oxygens (including phenoxy) is 2. The van der Waals surface area contributed by atoms with Crippen LogP contribution in [0.5, 0.6) is 0 Å². The number of phosphoric acid groups is 1. The molecule has 0 saturated heterocycles. The Morgan fingerprint density at radius 3 is 1.82 bits per heavy atom. The van der Waals surface area contributed by atoms with Crippen LogP contribution in [0, 0.1) is 0 Å². The van der Waals surface area contributed by atoms with Gasteiger partial charge < -0.3 is 25.2 Å². The lowest BCUT2D eigenvalue weighted by Crippen LogP contribution is -2.29. The maximum atomic E-state index is 12.6. The minimum Gasteiger partial charge on any atom is -0.462 e. The van der Waals surface area contributed by atoms with Gasteiger partial charge in [0.1, 0.15) is 6.61 Å². The third-order valence-electron chi connectivity index (χ3n) is 8.37. The standard InChI is InChI=1S/C45H76NO9P/c1-3-5-7-9-11-13-15-17-18-19-20-22-24-26-28-30-32-36-44(48)52-40-43(41-54-56(50,51)53-39-38-46)55-45(49)37-33-35-42(47)34-31-29-27-25-23-21-16-14-12-10-8-6-4-2/h6,8,11-14,17-18,21,23,27,29,31,34,42-43,47H,3-5,7,9-10,15-16,19-20,22,24-26,28,30,32-33,35-41,46H2,1-2H3,(H,50,51)/b8-6-,13-11-,14-12-,18-17-,23-21-,29-27-,34-31+/t42?,43-/m1/s1. The van der Waals surface area contributed by atoms with E-state index >= 15 is 0 Å². The molecule has 4 N–H and O–H groups in total. The third-order valence-corrected chi connectivity index (χ3v) is 9.35. The zero-order valence-electron chi connectivity index (χ0n) is 34.7. The van der Waals surface area contributed by atoms with E-state index in [1.807, 2.05) is 12.2 Å². The molecule has 0 heterocycles. The van der Waals surface area contributed by atoms with Gasteiger partial charge in [-0.15, -0.1) is 0 Å². The zero-order chi connectivity index (χ0) is 41.2. The van der Waals surface area contributed by atoms with E-state index in [0.717, 1.165) is 57.8 Å². The number of aliphatic hydroxyl groups excluding tert-OH is 1. The first kappa shape index (κ1) is 53.1. The Morgan fingerprint density at radius 2 is 1.20 bits per heavy atom. The molecule has 0 rings (SSSR count). The Balaban J connectivity index is 4.39. The second-order valence-corrected chi connectivity index (χ2v) is 15.1. The van der Waals surface area contributed by atoms with Crippen LogP contribution in [0.25, 0.3) is 0 Å². The molecule has 320 valence electrons. The number of aliphatic hydroxyl groups is 1. The Labute approximate surface area is 339 Å². The van der Waals surface area contributed by atoms with Gasteiger partial charge in [0.2, 0.25) is 0 Å². The number of nitrogens with two attached hydrogens (primary N) is 1. The molecule has 0 aliphatic heterocycles. The molecule has 0 amide bonds. The van der Waals surface area contributed by atoms with Crippen LogP contribution in [-0.2, 0) is 32.7 Å². The molecule has 0 radical (unpaired) electrons. The molecule has 0 aliphatic carbocycles. The van der Waals surface area contributed by atoms with Gasteiger partial charge in [0.25, 0.3) is 0 Å². The Morgan fingerprint density at radius 1 is 0.643 bits per heavy atom. The SMILES string of the molecule is CC/C=C\C/C=C\C/C=C\C/C=C\C=C\C(O)CCCC(=O)O[C@H](COC(=O)CCCCCCCCC/C=C\C/C=C\CCCCC)COP(=O)(O)OCCN. The molecular weight excluding hydrogens is 729 g/mol. The van der Waals surface area contributed by atoms with E-state index in [2.05, 4.69) is 74.6 Å². The van der Waals surface area contributed by atoms with E-state index in [1.54, 1.807) is 12.2 Å². The van der Waals surface area contributed by atoms with Crippen molar-refractivity contribution in [1.29, 1.82) is 0 Å². The smallest absolute Gasteiger partial charge is 0.462 e. The molecule has 0 saturated carbocycles. The number of esters is 2. The highest BCUT2D eigenvalue weighted by Gasteiger charge is 2.26. The zero-order valence-corrected chi connectivity index (χ0v) is 35.6. The summed E-state index contributed by atoms with van der Waals surface area (Å²) in [6, 6.07) is 0. The molecule has 2 unspecified atom stereocenters. The van der Waals surface area contributed by atoms with Gasteiger partial charge in [-0.25, -0.2) is 4.57 Å². The molecule has 10 nitrogen and oxygen atoms in total. The predicted molar refractivity (Wildman–Crippen MR) is 230 cm³/mol. The summed E-state index contributed by atoms with van der Waals surface area (Å²) < 4.78 is 32.6. The van der Waals surface area contributed by atoms with Crippen LogP contribution in [0.1, 0.15) is 149 Å². The first-order valence-electron chi connectivity index (χ1n) is 21.2. The molecule has 0 bridgehead atoms. The molecule has 0 aliphatic rings. The maximum Gasteiger partial charge on any atom is 0.472 e. The minimum absolute atomic E-state index is 0.00662. The van der Waals surface area contributed by atoms with Gasteiger partial charge in [0.15, 0.2) is 6.10 Å². The molecule has 0 aromatic rings. The second-order valence-electron chi connectivity index (χ2n) is 13.7. The van der Waals surface area contributed by atoms with Gasteiger partial charge in [0, 0.05) is 19.4 Å². The summed E-state index contributed by atoms with van der Waals surface area (Å²) in [5, 5.41) is 10.3. The molecular formula is C45H76NO9P. The van der Waals surface area contributed by atoms with Crippen LogP contribution in [0.2, 0.25) is 0 Å². The molecule has 0 fully saturated rings. The lowest BCUT2D eigenvalue weighted by Gasteiger charge is -2.20. The molecule has 0 aromatic carbocycles. The number of allylic oxidation sites excluding steroid dienone is 13. The summed E-state index contributed by atoms with van der Waals surface area (Å²) in [4.78, 5) is 34.9. The predicted octanol–water partition coefficient (Wildman–Crippen LogP) is 11.0. The lowest BCUT2D eigenvalue weighted by molar-refractivity contribution is -0.161. The van der Waals surface area contributed by atoms with Gasteiger partial charge >= 0.3 is 19.8 Å². The molecule has 3 atom stereocenters. The van der Waals surface area contributed by atoms with Crippen molar-refractivity contribution in [1.82, 2.24) is 0 Å². The fourth-order valence-corrected chi connectivity index (χ4v) is 5.99. The first-order chi connectivity index (χ1) is 27.2. The first-order valence-corrected chi connectivity index (χ1v) is 22.7. The van der Waals surface area contributed by atoms with Crippen LogP contribution >= 0.6 is 7.82 Å². The number of rotatable bonds is 38. The van der Waals surface area contributed by atoms with Crippen LogP contribution in [0.3, 0.4) is 0 Å². The molecule has 0 spiro atoms. The van der Waals surface area contributed by atoms with Crippen molar-refractivity contribution < 1.29 is 42.7 Å². The van der Waals surface area contributed by atoms with Gasteiger partial charge in [-0.1, -0.05) is 144 Å². The van der Waals surface area contributed by atoms with Gasteiger partial charge in [-0.2, -0.15) is 0 Å². The average Bonchev–Trinajstić information content (AvgIpc) is 3.18. The van der Waals surface area contributed by atoms with Crippen molar-refractivity contribution in [2.45, 2.75) is 161 Å². The number of unbranched alkanes of at least 4 members (excludes halogenated alkanes) is 10. The molecule has 0 aromatic heterocycles. The van der Waals surface area contributed by atoms with Crippen molar-refractivity contribution in [3.63, 3.8) is 0 Å². The van der Waals surface area contributed by atoms with Crippen molar-refractivity contribution in [3.8, 4) is 0 Å². The quantitative estimate of drug-likeness (QED) is 0.0180. The number of phosphoric ester groups is 1. The minimum atomic E-state index is -4.44. The summed E-state index contributed by atoms with van der Waals surface area (Å²) >= 11 is 0. The summed E-state index contributed by atoms with van der Waals surface area (Å²) in [5.41, 5.74) is 5.33. The fourth-order valence-electron chi connectivity index (χ4n) is 5.22. The highest BCUT2D eigenvalue weighted by molar-refractivity contribution is 7.47. The van der Waals surface area contributed by atoms with Crippen LogP contribution < -0.4 is 5.73 Å². The van der Waals surface area contributed by atoms with Crippen molar-refractivity contribution >= 4 is 19.8 Å². The summed E-state index contributed by atoms with van der Waals surface area (Å²) in [5.74, 6) is -1.05. The Hall–Kier alpha value is -2.85.